The van der Waals surface area contributed by atoms with Crippen molar-refractivity contribution in [3.05, 3.63) is 35.4 Å². The first-order chi connectivity index (χ1) is 13.1. The van der Waals surface area contributed by atoms with Crippen molar-refractivity contribution >= 4 is 5.91 Å². The van der Waals surface area contributed by atoms with E-state index in [-0.39, 0.29) is 5.91 Å². The summed E-state index contributed by atoms with van der Waals surface area (Å²) < 4.78 is 18.3. The molecule has 4 rings (SSSR count). The van der Waals surface area contributed by atoms with E-state index in [1.165, 1.54) is 0 Å². The Balaban J connectivity index is 1.55. The van der Waals surface area contributed by atoms with Crippen LogP contribution < -0.4 is 14.8 Å². The van der Waals surface area contributed by atoms with Crippen LogP contribution in [0.5, 0.6) is 11.5 Å². The number of carbonyl (C=O) groups excluding carboxylic acids is 1. The van der Waals surface area contributed by atoms with Gasteiger partial charge in [-0.15, -0.1) is 10.2 Å². The molecular formula is C19H24N4O4. The molecule has 1 aliphatic heterocycles. The molecule has 1 atom stereocenters. The first-order valence-corrected chi connectivity index (χ1v) is 9.08. The fourth-order valence-electron chi connectivity index (χ4n) is 3.50. The number of nitrogens with zero attached hydrogens (tertiary/aromatic N) is 3. The van der Waals surface area contributed by atoms with Gasteiger partial charge in [0.1, 0.15) is 29.5 Å². The zero-order valence-corrected chi connectivity index (χ0v) is 15.8. The molecule has 2 heterocycles. The molecule has 27 heavy (non-hydrogen) atoms. The number of hydrogen-bond donors (Lipinski definition) is 1. The number of benzene rings is 1. The fraction of sp³-hybridized carbons (Fsp3) is 0.526. The average molecular weight is 372 g/mol. The van der Waals surface area contributed by atoms with Gasteiger partial charge in [-0.1, -0.05) is 0 Å². The van der Waals surface area contributed by atoms with Crippen LogP contribution in [0, 0.1) is 0 Å². The molecule has 1 N–H and O–H groups in total. The highest BCUT2D eigenvalue weighted by atomic mass is 16.5. The number of hydrogen-bond acceptors (Lipinski definition) is 6. The monoisotopic (exact) mass is 372 g/mol. The molecule has 0 radical (unpaired) electrons. The highest BCUT2D eigenvalue weighted by Gasteiger charge is 2.45. The summed E-state index contributed by atoms with van der Waals surface area (Å²) in [5.41, 5.74) is 0.00714. The van der Waals surface area contributed by atoms with Crippen LogP contribution >= 0.6 is 0 Å². The summed E-state index contributed by atoms with van der Waals surface area (Å²) in [6.45, 7) is 2.90. The predicted molar refractivity (Wildman–Crippen MR) is 96.7 cm³/mol. The van der Waals surface area contributed by atoms with Crippen molar-refractivity contribution in [1.29, 1.82) is 0 Å². The molecule has 1 saturated carbocycles. The first kappa shape index (κ1) is 17.8. The van der Waals surface area contributed by atoms with E-state index in [1.54, 1.807) is 20.3 Å². The number of nitrogens with one attached hydrogen (secondary N) is 1. The van der Waals surface area contributed by atoms with Gasteiger partial charge in [0.25, 0.3) is 0 Å². The van der Waals surface area contributed by atoms with Crippen molar-refractivity contribution in [2.24, 2.45) is 0 Å². The minimum Gasteiger partial charge on any atom is -0.497 e. The third-order valence-corrected chi connectivity index (χ3v) is 5.23. The molecule has 1 aromatic carbocycles. The maximum Gasteiger partial charge on any atom is 0.248 e. The quantitative estimate of drug-likeness (QED) is 0.831. The average Bonchev–Trinajstić information content (AvgIpc) is 3.44. The molecule has 0 spiro atoms. The Morgan fingerprint density at radius 3 is 2.85 bits per heavy atom. The van der Waals surface area contributed by atoms with Gasteiger partial charge in [0.15, 0.2) is 5.82 Å². The lowest BCUT2D eigenvalue weighted by Crippen LogP contribution is -2.52. The van der Waals surface area contributed by atoms with E-state index in [4.69, 9.17) is 14.2 Å². The summed E-state index contributed by atoms with van der Waals surface area (Å²) in [4.78, 5) is 13.1. The molecule has 1 amide bonds. The summed E-state index contributed by atoms with van der Waals surface area (Å²) in [5.74, 6) is 3.26. The molecule has 0 saturated heterocycles. The van der Waals surface area contributed by atoms with E-state index in [9.17, 15) is 4.79 Å². The summed E-state index contributed by atoms with van der Waals surface area (Å²) in [7, 11) is 3.20. The van der Waals surface area contributed by atoms with E-state index < -0.39 is 5.54 Å². The Kier molecular flexibility index (Phi) is 4.51. The lowest BCUT2D eigenvalue weighted by molar-refractivity contribution is -0.135. The van der Waals surface area contributed by atoms with E-state index in [1.807, 2.05) is 23.6 Å². The molecule has 1 aromatic heterocycles. The molecular weight excluding hydrogens is 348 g/mol. The van der Waals surface area contributed by atoms with Crippen LogP contribution in [-0.4, -0.2) is 41.5 Å². The van der Waals surface area contributed by atoms with E-state index in [0.717, 1.165) is 24.2 Å². The molecule has 1 unspecified atom stereocenters. The van der Waals surface area contributed by atoms with Gasteiger partial charge in [-0.2, -0.15) is 0 Å². The summed E-state index contributed by atoms with van der Waals surface area (Å²) in [6.07, 6.45) is 2.19. The van der Waals surface area contributed by atoms with Crippen molar-refractivity contribution in [3.63, 3.8) is 0 Å². The highest BCUT2D eigenvalue weighted by Crippen LogP contribution is 2.42. The number of fused-ring (bicyclic) bond motifs is 1. The highest BCUT2D eigenvalue weighted by molar-refractivity contribution is 5.84. The van der Waals surface area contributed by atoms with Crippen LogP contribution in [0.1, 0.15) is 42.9 Å². The third kappa shape index (κ3) is 3.14. The van der Waals surface area contributed by atoms with Crippen LogP contribution in [0.25, 0.3) is 0 Å². The second-order valence-corrected chi connectivity index (χ2v) is 7.21. The van der Waals surface area contributed by atoms with Gasteiger partial charge in [0.2, 0.25) is 5.91 Å². The number of ether oxygens (including phenoxy) is 3. The predicted octanol–water partition coefficient (Wildman–Crippen LogP) is 1.73. The van der Waals surface area contributed by atoms with E-state index in [0.29, 0.717) is 43.0 Å². The summed E-state index contributed by atoms with van der Waals surface area (Å²) in [6, 6.07) is 5.53. The third-order valence-electron chi connectivity index (χ3n) is 5.23. The number of amides is 1. The molecule has 2 aromatic rings. The smallest absolute Gasteiger partial charge is 0.248 e. The van der Waals surface area contributed by atoms with E-state index >= 15 is 0 Å². The Labute approximate surface area is 157 Å². The van der Waals surface area contributed by atoms with Crippen molar-refractivity contribution in [1.82, 2.24) is 20.1 Å². The van der Waals surface area contributed by atoms with Crippen molar-refractivity contribution in [2.45, 2.75) is 44.4 Å². The Morgan fingerprint density at radius 1 is 1.33 bits per heavy atom. The van der Waals surface area contributed by atoms with Crippen LogP contribution in [0.2, 0.25) is 0 Å². The van der Waals surface area contributed by atoms with Gasteiger partial charge >= 0.3 is 0 Å². The molecule has 8 heteroatoms. The molecule has 8 nitrogen and oxygen atoms in total. The van der Waals surface area contributed by atoms with Gasteiger partial charge in [-0.05, 0) is 31.9 Å². The maximum atomic E-state index is 13.1. The molecule has 1 aliphatic carbocycles. The second-order valence-electron chi connectivity index (χ2n) is 7.21. The molecule has 2 aliphatic rings. The summed E-state index contributed by atoms with van der Waals surface area (Å²) in [5, 5.41) is 11.6. The minimum atomic E-state index is -0.866. The van der Waals surface area contributed by atoms with Crippen molar-refractivity contribution in [2.75, 3.05) is 20.8 Å². The van der Waals surface area contributed by atoms with Gasteiger partial charge < -0.3 is 19.5 Å². The standard InChI is InChI=1S/C19H24N4O4/c1-19(11-27-10-16-21-22-17(23(16)19)12-4-5-12)18(24)20-9-13-6-7-14(25-2)8-15(13)26-3/h6-8,12H,4-5,9-11H2,1-3H3,(H,20,24). The van der Waals surface area contributed by atoms with Crippen LogP contribution in [0.15, 0.2) is 18.2 Å². The Hall–Kier alpha value is -2.61. The molecule has 0 bridgehead atoms. The Morgan fingerprint density at radius 2 is 2.15 bits per heavy atom. The normalized spacial score (nSPS) is 21.4. The van der Waals surface area contributed by atoms with Gasteiger partial charge in [-0.3, -0.25) is 9.36 Å². The number of rotatable bonds is 6. The SMILES string of the molecule is COc1ccc(CNC(=O)C2(C)COCc3nnc(C4CC4)n32)c(OC)c1. The first-order valence-electron chi connectivity index (χ1n) is 9.08. The second kappa shape index (κ2) is 6.84. The van der Waals surface area contributed by atoms with Crippen LogP contribution in [-0.2, 0) is 28.2 Å². The topological polar surface area (TPSA) is 87.5 Å². The fourth-order valence-corrected chi connectivity index (χ4v) is 3.50. The minimum absolute atomic E-state index is 0.122. The zero-order valence-electron chi connectivity index (χ0n) is 15.8. The summed E-state index contributed by atoms with van der Waals surface area (Å²) >= 11 is 0. The van der Waals surface area contributed by atoms with Gasteiger partial charge in [0.05, 0.1) is 20.8 Å². The number of aromatic nitrogens is 3. The maximum absolute atomic E-state index is 13.1. The zero-order chi connectivity index (χ0) is 19.0. The van der Waals surface area contributed by atoms with Gasteiger partial charge in [-0.25, -0.2) is 0 Å². The van der Waals surface area contributed by atoms with Crippen molar-refractivity contribution < 1.29 is 19.0 Å². The number of carbonyl (C=O) groups is 1. The molecule has 1 fully saturated rings. The van der Waals surface area contributed by atoms with Crippen molar-refractivity contribution in [3.8, 4) is 11.5 Å². The van der Waals surface area contributed by atoms with E-state index in [2.05, 4.69) is 15.5 Å². The van der Waals surface area contributed by atoms with Gasteiger partial charge in [0, 0.05) is 24.1 Å². The number of methoxy groups -OCH3 is 2. The largest absolute Gasteiger partial charge is 0.497 e. The van der Waals surface area contributed by atoms with Crippen LogP contribution in [0.4, 0.5) is 0 Å². The lowest BCUT2D eigenvalue weighted by Gasteiger charge is -2.35. The Bertz CT molecular complexity index is 861. The lowest BCUT2D eigenvalue weighted by atomic mass is 9.99. The van der Waals surface area contributed by atoms with Crippen LogP contribution in [0.3, 0.4) is 0 Å². The molecule has 144 valence electrons.